The first-order valence-corrected chi connectivity index (χ1v) is 6.36. The van der Waals surface area contributed by atoms with Crippen LogP contribution in [0.4, 0.5) is 0 Å². The van der Waals surface area contributed by atoms with Crippen molar-refractivity contribution in [2.45, 2.75) is 32.9 Å². The van der Waals surface area contributed by atoms with Crippen LogP contribution in [0.2, 0.25) is 0 Å². The van der Waals surface area contributed by atoms with E-state index < -0.39 is 0 Å². The quantitative estimate of drug-likeness (QED) is 0.333. The zero-order valence-electron chi connectivity index (χ0n) is 11.7. The average molecular weight is 377 g/mol. The molecule has 0 spiro atoms. The molecule has 1 rings (SSSR count). The van der Waals surface area contributed by atoms with Crippen LogP contribution in [0.1, 0.15) is 30.9 Å². The third-order valence-electron chi connectivity index (χ3n) is 2.60. The van der Waals surface area contributed by atoms with E-state index in [1.165, 1.54) is 5.56 Å². The summed E-state index contributed by atoms with van der Waals surface area (Å²) >= 11 is 0. The molecule has 0 saturated carbocycles. The fourth-order valence-corrected chi connectivity index (χ4v) is 1.53. The first kappa shape index (κ1) is 18.2. The molecule has 5 heteroatoms. The van der Waals surface area contributed by atoms with Crippen LogP contribution >= 0.6 is 24.0 Å². The van der Waals surface area contributed by atoms with Gasteiger partial charge in [0.25, 0.3) is 0 Å². The van der Waals surface area contributed by atoms with Gasteiger partial charge < -0.3 is 15.8 Å². The highest BCUT2D eigenvalue weighted by Gasteiger charge is 1.95. The van der Waals surface area contributed by atoms with Gasteiger partial charge in [-0.15, -0.1) is 24.0 Å². The van der Waals surface area contributed by atoms with Crippen molar-refractivity contribution in [2.24, 2.45) is 10.7 Å². The summed E-state index contributed by atoms with van der Waals surface area (Å²) in [7, 11) is 1.70. The molecule has 3 N–H and O–H groups in total. The Kier molecular flexibility index (Phi) is 10.6. The molecule has 0 aliphatic carbocycles. The largest absolute Gasteiger partial charge is 0.380 e. The van der Waals surface area contributed by atoms with E-state index in [0.717, 1.165) is 24.9 Å². The molecule has 0 atom stereocenters. The van der Waals surface area contributed by atoms with Crippen molar-refractivity contribution >= 4 is 29.9 Å². The molecule has 0 aliphatic rings. The number of halogens is 1. The normalized spacial score (nSPS) is 10.9. The second-order valence-electron chi connectivity index (χ2n) is 4.23. The summed E-state index contributed by atoms with van der Waals surface area (Å²) in [5.74, 6) is 0.518. The molecule has 19 heavy (non-hydrogen) atoms. The first-order chi connectivity index (χ1) is 8.76. The van der Waals surface area contributed by atoms with E-state index in [2.05, 4.69) is 41.5 Å². The third kappa shape index (κ3) is 8.05. The van der Waals surface area contributed by atoms with Crippen molar-refractivity contribution in [3.05, 3.63) is 35.4 Å². The minimum atomic E-state index is 0. The summed E-state index contributed by atoms with van der Waals surface area (Å²) in [4.78, 5) is 4.29. The van der Waals surface area contributed by atoms with Gasteiger partial charge in [-0.1, -0.05) is 37.6 Å². The summed E-state index contributed by atoms with van der Waals surface area (Å²) in [5.41, 5.74) is 8.07. The van der Waals surface area contributed by atoms with Gasteiger partial charge >= 0.3 is 0 Å². The number of benzene rings is 1. The highest BCUT2D eigenvalue weighted by atomic mass is 127. The van der Waals surface area contributed by atoms with Gasteiger partial charge in [0.15, 0.2) is 5.96 Å². The highest BCUT2D eigenvalue weighted by Crippen LogP contribution is 2.06. The van der Waals surface area contributed by atoms with Gasteiger partial charge in [-0.2, -0.15) is 0 Å². The SMILES string of the molecule is CCCCNC(N)=NCc1ccc(COC)cc1.I. The van der Waals surface area contributed by atoms with Crippen molar-refractivity contribution in [1.82, 2.24) is 5.32 Å². The second kappa shape index (κ2) is 11.0. The Hall–Kier alpha value is -0.820. The molecular weight excluding hydrogens is 353 g/mol. The number of methoxy groups -OCH3 is 1. The van der Waals surface area contributed by atoms with E-state index in [-0.39, 0.29) is 24.0 Å². The third-order valence-corrected chi connectivity index (χ3v) is 2.60. The van der Waals surface area contributed by atoms with Crippen molar-refractivity contribution in [3.8, 4) is 0 Å². The van der Waals surface area contributed by atoms with Crippen molar-refractivity contribution in [1.29, 1.82) is 0 Å². The van der Waals surface area contributed by atoms with E-state index >= 15 is 0 Å². The number of hydrogen-bond acceptors (Lipinski definition) is 2. The Bertz CT molecular complexity index is 365. The standard InChI is InChI=1S/C14H23N3O.HI/c1-3-4-9-16-14(15)17-10-12-5-7-13(8-6-12)11-18-2;/h5-8H,3-4,9-11H2,1-2H3,(H3,15,16,17);1H. The van der Waals surface area contributed by atoms with Crippen molar-refractivity contribution in [2.75, 3.05) is 13.7 Å². The molecule has 0 aliphatic heterocycles. The Morgan fingerprint density at radius 2 is 1.89 bits per heavy atom. The fraction of sp³-hybridized carbons (Fsp3) is 0.500. The Morgan fingerprint density at radius 1 is 1.26 bits per heavy atom. The molecule has 0 amide bonds. The summed E-state index contributed by atoms with van der Waals surface area (Å²) < 4.78 is 5.06. The highest BCUT2D eigenvalue weighted by molar-refractivity contribution is 14.0. The lowest BCUT2D eigenvalue weighted by molar-refractivity contribution is 0.185. The smallest absolute Gasteiger partial charge is 0.188 e. The molecule has 0 fully saturated rings. The average Bonchev–Trinajstić information content (AvgIpc) is 2.39. The number of aliphatic imine (C=N–C) groups is 1. The van der Waals surface area contributed by atoms with E-state index in [1.807, 2.05) is 0 Å². The number of hydrogen-bond donors (Lipinski definition) is 2. The lowest BCUT2D eigenvalue weighted by Gasteiger charge is -2.05. The second-order valence-corrected chi connectivity index (χ2v) is 4.23. The summed E-state index contributed by atoms with van der Waals surface area (Å²) in [6, 6.07) is 8.21. The van der Waals surface area contributed by atoms with Crippen LogP contribution in [0.15, 0.2) is 29.3 Å². The van der Waals surface area contributed by atoms with E-state index in [4.69, 9.17) is 10.5 Å². The van der Waals surface area contributed by atoms with Gasteiger partial charge in [0.05, 0.1) is 13.2 Å². The Labute approximate surface area is 132 Å². The van der Waals surface area contributed by atoms with E-state index in [0.29, 0.717) is 19.1 Å². The number of ether oxygens (including phenoxy) is 1. The maximum atomic E-state index is 5.76. The van der Waals surface area contributed by atoms with Crippen LogP contribution in [0.3, 0.4) is 0 Å². The van der Waals surface area contributed by atoms with Gasteiger partial charge in [0.2, 0.25) is 0 Å². The maximum absolute atomic E-state index is 5.76. The Balaban J connectivity index is 0.00000324. The predicted octanol–water partition coefficient (Wildman–Crippen LogP) is 2.66. The lowest BCUT2D eigenvalue weighted by atomic mass is 10.1. The van der Waals surface area contributed by atoms with Gasteiger partial charge in [-0.25, -0.2) is 4.99 Å². The molecule has 0 heterocycles. The lowest BCUT2D eigenvalue weighted by Crippen LogP contribution is -2.32. The van der Waals surface area contributed by atoms with Gasteiger partial charge in [-0.3, -0.25) is 0 Å². The molecule has 0 saturated heterocycles. The van der Waals surface area contributed by atoms with Crippen LogP contribution in [0.25, 0.3) is 0 Å². The van der Waals surface area contributed by atoms with Gasteiger partial charge in [0.1, 0.15) is 0 Å². The number of nitrogens with two attached hydrogens (primary N) is 1. The van der Waals surface area contributed by atoms with E-state index in [9.17, 15) is 0 Å². The monoisotopic (exact) mass is 377 g/mol. The zero-order valence-corrected chi connectivity index (χ0v) is 14.0. The van der Waals surface area contributed by atoms with Crippen LogP contribution in [0.5, 0.6) is 0 Å². The van der Waals surface area contributed by atoms with Crippen LogP contribution in [-0.2, 0) is 17.9 Å². The predicted molar refractivity (Wildman–Crippen MR) is 90.8 cm³/mol. The van der Waals surface area contributed by atoms with Crippen molar-refractivity contribution in [3.63, 3.8) is 0 Å². The van der Waals surface area contributed by atoms with E-state index in [1.54, 1.807) is 7.11 Å². The number of guanidine groups is 1. The Morgan fingerprint density at radius 3 is 2.47 bits per heavy atom. The maximum Gasteiger partial charge on any atom is 0.188 e. The molecule has 0 aromatic heterocycles. The van der Waals surface area contributed by atoms with Gasteiger partial charge in [0, 0.05) is 13.7 Å². The summed E-state index contributed by atoms with van der Waals surface area (Å²) in [5, 5.41) is 3.09. The van der Waals surface area contributed by atoms with Crippen LogP contribution in [0, 0.1) is 0 Å². The summed E-state index contributed by atoms with van der Waals surface area (Å²) in [6.07, 6.45) is 2.27. The minimum absolute atomic E-state index is 0. The fourth-order valence-electron chi connectivity index (χ4n) is 1.53. The molecule has 0 unspecified atom stereocenters. The molecule has 0 radical (unpaired) electrons. The minimum Gasteiger partial charge on any atom is -0.380 e. The van der Waals surface area contributed by atoms with Crippen LogP contribution < -0.4 is 11.1 Å². The first-order valence-electron chi connectivity index (χ1n) is 6.36. The molecule has 1 aromatic carbocycles. The molecular formula is C14H24IN3O. The van der Waals surface area contributed by atoms with Crippen LogP contribution in [-0.4, -0.2) is 19.6 Å². The zero-order chi connectivity index (χ0) is 13.2. The number of nitrogens with one attached hydrogen (secondary N) is 1. The topological polar surface area (TPSA) is 59.6 Å². The van der Waals surface area contributed by atoms with Gasteiger partial charge in [-0.05, 0) is 17.5 Å². The van der Waals surface area contributed by atoms with Crippen molar-refractivity contribution < 1.29 is 4.74 Å². The molecule has 1 aromatic rings. The molecule has 4 nitrogen and oxygen atoms in total. The number of rotatable bonds is 7. The number of unbranched alkanes of at least 4 members (excludes halogenated alkanes) is 1. The molecule has 0 bridgehead atoms. The number of nitrogens with zero attached hydrogens (tertiary/aromatic N) is 1. The summed E-state index contributed by atoms with van der Waals surface area (Å²) in [6.45, 7) is 4.29. The molecule has 108 valence electrons.